The molecule has 7 heteroatoms. The van der Waals surface area contributed by atoms with E-state index in [4.69, 9.17) is 5.73 Å². The van der Waals surface area contributed by atoms with Gasteiger partial charge in [0.25, 0.3) is 0 Å². The molecule has 0 fully saturated rings. The normalized spacial score (nSPS) is 11.6. The van der Waals surface area contributed by atoms with Crippen LogP contribution in [0.15, 0.2) is 41.3 Å². The van der Waals surface area contributed by atoms with Gasteiger partial charge in [0.1, 0.15) is 5.82 Å². The van der Waals surface area contributed by atoms with Crippen LogP contribution in [-0.2, 0) is 22.1 Å². The van der Waals surface area contributed by atoms with E-state index < -0.39 is 37.9 Å². The molecule has 0 heterocycles. The first-order valence-electron chi connectivity index (χ1n) is 5.99. The van der Waals surface area contributed by atoms with Crippen molar-refractivity contribution in [3.05, 3.63) is 65.0 Å². The second-order valence-corrected chi connectivity index (χ2v) is 6.42. The number of benzene rings is 2. The van der Waals surface area contributed by atoms with Crippen LogP contribution in [0.1, 0.15) is 11.1 Å². The van der Waals surface area contributed by atoms with E-state index in [0.29, 0.717) is 6.07 Å². The van der Waals surface area contributed by atoms with Crippen LogP contribution in [0, 0.1) is 17.5 Å². The van der Waals surface area contributed by atoms with Gasteiger partial charge in [-0.05, 0) is 18.2 Å². The molecule has 0 saturated carbocycles. The standard InChI is InChI=1S/C14H12F3NO2S/c15-12-5-4-11(6-13(12)16)21(19,20)8-10-3-1-2-9(7-18)14(10)17/h1-6H,7-8,18H2. The Bertz CT molecular complexity index is 776. The lowest BCUT2D eigenvalue weighted by molar-refractivity contribution is 0.504. The summed E-state index contributed by atoms with van der Waals surface area (Å²) in [5.41, 5.74) is 5.47. The van der Waals surface area contributed by atoms with Crippen LogP contribution in [0.4, 0.5) is 13.2 Å². The maximum atomic E-state index is 14.0. The summed E-state index contributed by atoms with van der Waals surface area (Å²) in [6.45, 7) is -0.0646. The Morgan fingerprint density at radius 3 is 2.24 bits per heavy atom. The first-order valence-corrected chi connectivity index (χ1v) is 7.64. The van der Waals surface area contributed by atoms with Crippen molar-refractivity contribution in [2.75, 3.05) is 0 Å². The van der Waals surface area contributed by atoms with E-state index in [2.05, 4.69) is 0 Å². The molecule has 2 aromatic rings. The molecule has 0 saturated heterocycles. The first-order chi connectivity index (χ1) is 9.85. The largest absolute Gasteiger partial charge is 0.326 e. The Hall–Kier alpha value is -1.86. The summed E-state index contributed by atoms with van der Waals surface area (Å²) in [6.07, 6.45) is 0. The third-order valence-electron chi connectivity index (χ3n) is 2.97. The van der Waals surface area contributed by atoms with Crippen LogP contribution in [0.5, 0.6) is 0 Å². The molecule has 0 bridgehead atoms. The van der Waals surface area contributed by atoms with E-state index in [1.54, 1.807) is 0 Å². The van der Waals surface area contributed by atoms with Gasteiger partial charge in [0.15, 0.2) is 21.5 Å². The molecule has 0 aliphatic rings. The number of halogens is 3. The predicted molar refractivity (Wildman–Crippen MR) is 71.5 cm³/mol. The van der Waals surface area contributed by atoms with E-state index in [9.17, 15) is 21.6 Å². The minimum absolute atomic E-state index is 0.0646. The van der Waals surface area contributed by atoms with E-state index in [0.717, 1.165) is 12.1 Å². The molecule has 0 spiro atoms. The Morgan fingerprint density at radius 1 is 0.952 bits per heavy atom. The van der Waals surface area contributed by atoms with Crippen molar-refractivity contribution in [2.45, 2.75) is 17.2 Å². The van der Waals surface area contributed by atoms with Gasteiger partial charge in [-0.25, -0.2) is 21.6 Å². The van der Waals surface area contributed by atoms with E-state index in [-0.39, 0.29) is 17.7 Å². The zero-order valence-electron chi connectivity index (χ0n) is 10.8. The van der Waals surface area contributed by atoms with Crippen LogP contribution >= 0.6 is 0 Å². The van der Waals surface area contributed by atoms with Crippen LogP contribution in [0.3, 0.4) is 0 Å². The third-order valence-corrected chi connectivity index (χ3v) is 4.64. The van der Waals surface area contributed by atoms with Crippen molar-refractivity contribution in [3.8, 4) is 0 Å². The SMILES string of the molecule is NCc1cccc(CS(=O)(=O)c2ccc(F)c(F)c2)c1F. The van der Waals surface area contributed by atoms with Crippen molar-refractivity contribution < 1.29 is 21.6 Å². The molecule has 21 heavy (non-hydrogen) atoms. The lowest BCUT2D eigenvalue weighted by Crippen LogP contribution is -2.09. The number of rotatable bonds is 4. The second kappa shape index (κ2) is 5.87. The van der Waals surface area contributed by atoms with Crippen molar-refractivity contribution in [1.29, 1.82) is 0 Å². The van der Waals surface area contributed by atoms with Gasteiger partial charge in [0.2, 0.25) is 0 Å². The molecule has 2 aromatic carbocycles. The smallest absolute Gasteiger partial charge is 0.182 e. The Kier molecular flexibility index (Phi) is 4.34. The molecule has 0 atom stereocenters. The van der Waals surface area contributed by atoms with Gasteiger partial charge in [-0.2, -0.15) is 0 Å². The fourth-order valence-electron chi connectivity index (χ4n) is 1.86. The number of hydrogen-bond acceptors (Lipinski definition) is 3. The molecule has 3 nitrogen and oxygen atoms in total. The molecular weight excluding hydrogens is 303 g/mol. The van der Waals surface area contributed by atoms with Gasteiger partial charge in [-0.1, -0.05) is 18.2 Å². The quantitative estimate of drug-likeness (QED) is 0.882. The zero-order valence-corrected chi connectivity index (χ0v) is 11.6. The fourth-order valence-corrected chi connectivity index (χ4v) is 3.22. The highest BCUT2D eigenvalue weighted by Crippen LogP contribution is 2.21. The van der Waals surface area contributed by atoms with Crippen LogP contribution < -0.4 is 5.73 Å². The van der Waals surface area contributed by atoms with Crippen LogP contribution in [0.2, 0.25) is 0 Å². The molecule has 0 unspecified atom stereocenters. The third kappa shape index (κ3) is 3.25. The van der Waals surface area contributed by atoms with Crippen LogP contribution in [-0.4, -0.2) is 8.42 Å². The minimum atomic E-state index is -3.99. The summed E-state index contributed by atoms with van der Waals surface area (Å²) in [5.74, 6) is -3.78. The number of nitrogens with two attached hydrogens (primary N) is 1. The number of hydrogen-bond donors (Lipinski definition) is 1. The van der Waals surface area contributed by atoms with Crippen molar-refractivity contribution in [1.82, 2.24) is 0 Å². The van der Waals surface area contributed by atoms with Gasteiger partial charge in [-0.15, -0.1) is 0 Å². The molecule has 0 aromatic heterocycles. The summed E-state index contributed by atoms with van der Waals surface area (Å²) < 4.78 is 64.2. The molecule has 0 amide bonds. The monoisotopic (exact) mass is 315 g/mol. The molecule has 112 valence electrons. The maximum absolute atomic E-state index is 14.0. The molecule has 0 aliphatic carbocycles. The van der Waals surface area contributed by atoms with Crippen molar-refractivity contribution in [2.24, 2.45) is 5.73 Å². The van der Waals surface area contributed by atoms with Gasteiger partial charge in [0, 0.05) is 17.7 Å². The molecule has 0 aliphatic heterocycles. The topological polar surface area (TPSA) is 60.2 Å². The predicted octanol–water partition coefficient (Wildman–Crippen LogP) is 2.54. The molecule has 0 radical (unpaired) electrons. The van der Waals surface area contributed by atoms with Gasteiger partial charge >= 0.3 is 0 Å². The highest BCUT2D eigenvalue weighted by molar-refractivity contribution is 7.90. The van der Waals surface area contributed by atoms with Crippen molar-refractivity contribution >= 4 is 9.84 Å². The lowest BCUT2D eigenvalue weighted by atomic mass is 10.1. The van der Waals surface area contributed by atoms with Gasteiger partial charge in [0.05, 0.1) is 10.6 Å². The van der Waals surface area contributed by atoms with E-state index in [1.165, 1.54) is 18.2 Å². The van der Waals surface area contributed by atoms with E-state index in [1.807, 2.05) is 0 Å². The first kappa shape index (κ1) is 15.5. The van der Waals surface area contributed by atoms with Gasteiger partial charge < -0.3 is 5.73 Å². The fraction of sp³-hybridized carbons (Fsp3) is 0.143. The summed E-state index contributed by atoms with van der Waals surface area (Å²) >= 11 is 0. The summed E-state index contributed by atoms with van der Waals surface area (Å²) in [4.78, 5) is -0.404. The Balaban J connectivity index is 2.40. The minimum Gasteiger partial charge on any atom is -0.326 e. The maximum Gasteiger partial charge on any atom is 0.182 e. The van der Waals surface area contributed by atoms with E-state index >= 15 is 0 Å². The Labute approximate surface area is 120 Å². The molecular formula is C14H12F3NO2S. The average Bonchev–Trinajstić information content (AvgIpc) is 2.44. The molecule has 2 rings (SSSR count). The zero-order chi connectivity index (χ0) is 15.6. The highest BCUT2D eigenvalue weighted by Gasteiger charge is 2.20. The summed E-state index contributed by atoms with van der Waals surface area (Å²) in [7, 11) is -3.99. The van der Waals surface area contributed by atoms with Crippen molar-refractivity contribution in [3.63, 3.8) is 0 Å². The second-order valence-electron chi connectivity index (χ2n) is 4.43. The molecule has 2 N–H and O–H groups in total. The van der Waals surface area contributed by atoms with Crippen LogP contribution in [0.25, 0.3) is 0 Å². The average molecular weight is 315 g/mol. The number of sulfone groups is 1. The lowest BCUT2D eigenvalue weighted by Gasteiger charge is -2.08. The highest BCUT2D eigenvalue weighted by atomic mass is 32.2. The Morgan fingerprint density at radius 2 is 1.62 bits per heavy atom. The summed E-state index contributed by atoms with van der Waals surface area (Å²) in [6, 6.07) is 6.49. The van der Waals surface area contributed by atoms with Gasteiger partial charge in [-0.3, -0.25) is 0 Å². The summed E-state index contributed by atoms with van der Waals surface area (Å²) in [5, 5.41) is 0.